The van der Waals surface area contributed by atoms with Gasteiger partial charge in [-0.15, -0.1) is 0 Å². The monoisotopic (exact) mass is 435 g/mol. The van der Waals surface area contributed by atoms with Gasteiger partial charge in [0.25, 0.3) is 5.91 Å². The van der Waals surface area contributed by atoms with E-state index in [9.17, 15) is 4.79 Å². The average Bonchev–Trinajstić information content (AvgIpc) is 3.25. The summed E-state index contributed by atoms with van der Waals surface area (Å²) < 4.78 is 13.5. The van der Waals surface area contributed by atoms with Crippen LogP contribution in [0.5, 0.6) is 5.75 Å². The number of rotatable bonds is 8. The van der Waals surface area contributed by atoms with E-state index in [1.165, 1.54) is 0 Å². The van der Waals surface area contributed by atoms with Crippen LogP contribution < -0.4 is 20.7 Å². The standard InChI is InChI=1S/C21H21N7O2S/c1-13-11-19(25-15-4-6-16(30-2)7-5-15)26-21(24-13)23-10-9-22-20(29)14-3-8-17-18(12-14)28-31-27-17/h3-8,11-12H,9-10H2,1-2H3,(H,22,29)(H2,23,24,25,26). The fourth-order valence-corrected chi connectivity index (χ4v) is 3.43. The van der Waals surface area contributed by atoms with Gasteiger partial charge < -0.3 is 20.7 Å². The highest BCUT2D eigenvalue weighted by Gasteiger charge is 2.08. The van der Waals surface area contributed by atoms with E-state index in [4.69, 9.17) is 4.74 Å². The number of carbonyl (C=O) groups excluding carboxylic acids is 1. The van der Waals surface area contributed by atoms with Crippen molar-refractivity contribution >= 4 is 46.1 Å². The van der Waals surface area contributed by atoms with Crippen LogP contribution in [0.2, 0.25) is 0 Å². The molecule has 31 heavy (non-hydrogen) atoms. The lowest BCUT2D eigenvalue weighted by atomic mass is 10.2. The zero-order valence-electron chi connectivity index (χ0n) is 17.0. The lowest BCUT2D eigenvalue weighted by Crippen LogP contribution is -2.29. The molecule has 0 saturated carbocycles. The zero-order valence-corrected chi connectivity index (χ0v) is 17.9. The van der Waals surface area contributed by atoms with Crippen molar-refractivity contribution in [2.45, 2.75) is 6.92 Å². The molecular weight excluding hydrogens is 414 g/mol. The zero-order chi connectivity index (χ0) is 21.6. The first-order valence-electron chi connectivity index (χ1n) is 9.62. The number of hydrogen-bond donors (Lipinski definition) is 3. The number of carbonyl (C=O) groups is 1. The Balaban J connectivity index is 1.31. The Kier molecular flexibility index (Phi) is 6.18. The van der Waals surface area contributed by atoms with E-state index in [1.807, 2.05) is 37.3 Å². The largest absolute Gasteiger partial charge is 0.497 e. The van der Waals surface area contributed by atoms with Gasteiger partial charge >= 0.3 is 0 Å². The molecule has 0 bridgehead atoms. The molecule has 0 spiro atoms. The number of amides is 1. The molecule has 2 aromatic heterocycles. The number of hydrogen-bond acceptors (Lipinski definition) is 9. The highest BCUT2D eigenvalue weighted by Crippen LogP contribution is 2.20. The van der Waals surface area contributed by atoms with Gasteiger partial charge in [0.1, 0.15) is 22.6 Å². The second kappa shape index (κ2) is 9.35. The van der Waals surface area contributed by atoms with E-state index < -0.39 is 0 Å². The van der Waals surface area contributed by atoms with E-state index in [0.29, 0.717) is 30.4 Å². The molecule has 2 aromatic carbocycles. The fourth-order valence-electron chi connectivity index (χ4n) is 2.91. The molecule has 1 amide bonds. The molecule has 0 aliphatic heterocycles. The van der Waals surface area contributed by atoms with Gasteiger partial charge in [-0.05, 0) is 49.4 Å². The molecule has 158 valence electrons. The van der Waals surface area contributed by atoms with Crippen LogP contribution in [-0.2, 0) is 0 Å². The van der Waals surface area contributed by atoms with Crippen LogP contribution in [0.1, 0.15) is 16.1 Å². The number of anilines is 3. The van der Waals surface area contributed by atoms with Crippen LogP contribution in [0.4, 0.5) is 17.5 Å². The van der Waals surface area contributed by atoms with Gasteiger partial charge in [-0.3, -0.25) is 4.79 Å². The van der Waals surface area contributed by atoms with Gasteiger partial charge in [0.15, 0.2) is 0 Å². The summed E-state index contributed by atoms with van der Waals surface area (Å²) in [6.07, 6.45) is 0. The Morgan fingerprint density at radius 2 is 1.81 bits per heavy atom. The Hall–Kier alpha value is -3.79. The summed E-state index contributed by atoms with van der Waals surface area (Å²) in [5, 5.41) is 9.27. The van der Waals surface area contributed by atoms with Gasteiger partial charge in [0.05, 0.1) is 18.8 Å². The Morgan fingerprint density at radius 1 is 1.00 bits per heavy atom. The van der Waals surface area contributed by atoms with Gasteiger partial charge in [-0.1, -0.05) is 0 Å². The summed E-state index contributed by atoms with van der Waals surface area (Å²) in [4.78, 5) is 21.2. The SMILES string of the molecule is COc1ccc(Nc2cc(C)nc(NCCNC(=O)c3ccc4nsnc4c3)n2)cc1. The van der Waals surface area contributed by atoms with Crippen molar-refractivity contribution in [1.82, 2.24) is 24.0 Å². The summed E-state index contributed by atoms with van der Waals surface area (Å²) in [5.74, 6) is 1.79. The number of fused-ring (bicyclic) bond motifs is 1. The number of nitrogens with zero attached hydrogens (tertiary/aromatic N) is 4. The molecule has 0 atom stereocenters. The molecule has 9 nitrogen and oxygen atoms in total. The number of ether oxygens (including phenoxy) is 1. The van der Waals surface area contributed by atoms with Crippen molar-refractivity contribution < 1.29 is 9.53 Å². The van der Waals surface area contributed by atoms with Gasteiger partial charge in [-0.25, -0.2) is 4.98 Å². The van der Waals surface area contributed by atoms with Crippen molar-refractivity contribution in [3.05, 3.63) is 59.8 Å². The first kappa shape index (κ1) is 20.5. The molecule has 3 N–H and O–H groups in total. The maximum Gasteiger partial charge on any atom is 0.251 e. The number of methoxy groups -OCH3 is 1. The molecule has 0 saturated heterocycles. The van der Waals surface area contributed by atoms with Crippen molar-refractivity contribution in [2.75, 3.05) is 30.8 Å². The van der Waals surface area contributed by atoms with Crippen LogP contribution >= 0.6 is 11.7 Å². The van der Waals surface area contributed by atoms with Crippen molar-refractivity contribution in [3.63, 3.8) is 0 Å². The minimum atomic E-state index is -0.163. The number of aryl methyl sites for hydroxylation is 1. The number of nitrogens with one attached hydrogen (secondary N) is 3. The number of aromatic nitrogens is 4. The second-order valence-corrected chi connectivity index (χ2v) is 7.25. The summed E-state index contributed by atoms with van der Waals surface area (Å²) in [6, 6.07) is 14.7. The third-order valence-corrected chi connectivity index (χ3v) is 4.98. The fraction of sp³-hybridized carbons (Fsp3) is 0.190. The molecule has 0 fully saturated rings. The first-order chi connectivity index (χ1) is 15.1. The maximum absolute atomic E-state index is 12.3. The topological polar surface area (TPSA) is 114 Å². The highest BCUT2D eigenvalue weighted by atomic mass is 32.1. The van der Waals surface area contributed by atoms with Crippen LogP contribution in [0.3, 0.4) is 0 Å². The van der Waals surface area contributed by atoms with E-state index in [-0.39, 0.29) is 5.91 Å². The van der Waals surface area contributed by atoms with Crippen LogP contribution in [0, 0.1) is 6.92 Å². The summed E-state index contributed by atoms with van der Waals surface area (Å²) >= 11 is 1.13. The van der Waals surface area contributed by atoms with Crippen molar-refractivity contribution in [2.24, 2.45) is 0 Å². The Labute approximate surface area is 183 Å². The van der Waals surface area contributed by atoms with Gasteiger partial charge in [-0.2, -0.15) is 13.7 Å². The third kappa shape index (κ3) is 5.23. The Bertz CT molecular complexity index is 1190. The summed E-state index contributed by atoms with van der Waals surface area (Å²) in [6.45, 7) is 2.81. The molecule has 0 aliphatic carbocycles. The molecule has 0 aliphatic rings. The van der Waals surface area contributed by atoms with Crippen LogP contribution in [0.15, 0.2) is 48.5 Å². The normalized spacial score (nSPS) is 10.6. The van der Waals surface area contributed by atoms with Crippen LogP contribution in [0.25, 0.3) is 11.0 Å². The predicted molar refractivity (Wildman–Crippen MR) is 121 cm³/mol. The van der Waals surface area contributed by atoms with Crippen molar-refractivity contribution in [1.29, 1.82) is 0 Å². The van der Waals surface area contributed by atoms with E-state index in [0.717, 1.165) is 39.9 Å². The maximum atomic E-state index is 12.3. The molecule has 10 heteroatoms. The molecule has 0 radical (unpaired) electrons. The molecule has 0 unspecified atom stereocenters. The van der Waals surface area contributed by atoms with E-state index in [1.54, 1.807) is 25.3 Å². The molecule has 4 rings (SSSR count). The second-order valence-electron chi connectivity index (χ2n) is 6.72. The lowest BCUT2D eigenvalue weighted by Gasteiger charge is -2.11. The van der Waals surface area contributed by atoms with Crippen LogP contribution in [-0.4, -0.2) is 44.8 Å². The quantitative estimate of drug-likeness (QED) is 0.361. The van der Waals surface area contributed by atoms with E-state index >= 15 is 0 Å². The first-order valence-corrected chi connectivity index (χ1v) is 10.3. The molecular formula is C21H21N7O2S. The van der Waals surface area contributed by atoms with Crippen molar-refractivity contribution in [3.8, 4) is 5.75 Å². The van der Waals surface area contributed by atoms with E-state index in [2.05, 4.69) is 34.7 Å². The summed E-state index contributed by atoms with van der Waals surface area (Å²) in [5.41, 5.74) is 3.78. The molecule has 4 aromatic rings. The Morgan fingerprint density at radius 3 is 2.61 bits per heavy atom. The van der Waals surface area contributed by atoms with Gasteiger partial charge in [0.2, 0.25) is 5.95 Å². The smallest absolute Gasteiger partial charge is 0.251 e. The molecule has 2 heterocycles. The minimum absolute atomic E-state index is 0.163. The minimum Gasteiger partial charge on any atom is -0.497 e. The third-order valence-electron chi connectivity index (χ3n) is 4.43. The highest BCUT2D eigenvalue weighted by molar-refractivity contribution is 7.00. The number of benzene rings is 2. The lowest BCUT2D eigenvalue weighted by molar-refractivity contribution is 0.0955. The predicted octanol–water partition coefficient (Wildman–Crippen LogP) is 3.38. The average molecular weight is 436 g/mol. The van der Waals surface area contributed by atoms with Gasteiger partial charge in [0, 0.05) is 36.1 Å². The summed E-state index contributed by atoms with van der Waals surface area (Å²) in [7, 11) is 1.63.